The van der Waals surface area contributed by atoms with E-state index >= 15 is 0 Å². The number of aromatic nitrogens is 4. The van der Waals surface area contributed by atoms with Gasteiger partial charge < -0.3 is 35.6 Å². The van der Waals surface area contributed by atoms with Crippen molar-refractivity contribution in [3.63, 3.8) is 0 Å². The number of fused-ring (bicyclic) bond motifs is 1. The Morgan fingerprint density at radius 2 is 1.93 bits per heavy atom. The summed E-state index contributed by atoms with van der Waals surface area (Å²) < 4.78 is 34.0. The fourth-order valence-corrected chi connectivity index (χ4v) is 2.82. The molecule has 0 saturated carbocycles. The van der Waals surface area contributed by atoms with Crippen LogP contribution in [0, 0.1) is 0 Å². The van der Waals surface area contributed by atoms with Gasteiger partial charge in [-0.2, -0.15) is 8.78 Å². The van der Waals surface area contributed by atoms with E-state index < -0.39 is 60.9 Å². The number of aliphatic hydroxyl groups is 3. The van der Waals surface area contributed by atoms with Crippen LogP contribution in [0.25, 0.3) is 11.2 Å². The Bertz CT molecular complexity index is 940. The van der Waals surface area contributed by atoms with Gasteiger partial charge >= 0.3 is 17.9 Å². The molecule has 2 aromatic rings. The van der Waals surface area contributed by atoms with Crippen molar-refractivity contribution < 1.29 is 48.6 Å². The lowest BCUT2D eigenvalue weighted by Gasteiger charge is -2.21. The first-order valence-corrected chi connectivity index (χ1v) is 8.00. The lowest BCUT2D eigenvalue weighted by molar-refractivity contribution is -0.173. The number of carbonyl (C=O) groups is 2. The van der Waals surface area contributed by atoms with Crippen LogP contribution in [0.5, 0.6) is 0 Å². The first-order chi connectivity index (χ1) is 13.6. The molecule has 1 fully saturated rings. The number of carboxylic acids is 2. The molecular formula is C14H15F2N5O8. The highest BCUT2D eigenvalue weighted by Crippen LogP contribution is 2.32. The number of ether oxygens (including phenoxy) is 1. The third kappa shape index (κ3) is 3.44. The molecule has 0 radical (unpaired) electrons. The molecule has 15 heteroatoms. The lowest BCUT2D eigenvalue weighted by atomic mass is 10.1. The molecule has 1 saturated heterocycles. The van der Waals surface area contributed by atoms with Gasteiger partial charge in [-0.25, -0.2) is 24.5 Å². The number of halogens is 2. The molecule has 29 heavy (non-hydrogen) atoms. The van der Waals surface area contributed by atoms with Crippen molar-refractivity contribution in [1.29, 1.82) is 0 Å². The molecule has 0 amide bonds. The molecule has 3 heterocycles. The number of anilines is 1. The van der Waals surface area contributed by atoms with Crippen LogP contribution in [0.3, 0.4) is 0 Å². The zero-order valence-electron chi connectivity index (χ0n) is 14.3. The van der Waals surface area contributed by atoms with Crippen molar-refractivity contribution in [3.05, 3.63) is 12.7 Å². The van der Waals surface area contributed by atoms with Crippen LogP contribution in [0.15, 0.2) is 12.7 Å². The van der Waals surface area contributed by atoms with Crippen molar-refractivity contribution in [1.82, 2.24) is 19.5 Å². The summed E-state index contributed by atoms with van der Waals surface area (Å²) in [5, 5.41) is 48.6. The minimum Gasteiger partial charge on any atom is -0.480 e. The average Bonchev–Trinajstić information content (AvgIpc) is 3.21. The second-order valence-corrected chi connectivity index (χ2v) is 6.12. The number of nitrogens with zero attached hydrogens (tertiary/aromatic N) is 4. The van der Waals surface area contributed by atoms with Gasteiger partial charge in [-0.05, 0) is 0 Å². The smallest absolute Gasteiger partial charge is 0.377 e. The molecule has 3 rings (SSSR count). The first-order valence-electron chi connectivity index (χ1n) is 8.00. The van der Waals surface area contributed by atoms with Gasteiger partial charge in [0.1, 0.15) is 24.6 Å². The molecule has 0 aromatic carbocycles. The highest BCUT2D eigenvalue weighted by Gasteiger charge is 2.52. The predicted molar refractivity (Wildman–Crippen MR) is 86.0 cm³/mol. The van der Waals surface area contributed by atoms with Crippen LogP contribution in [0.2, 0.25) is 0 Å². The normalized spacial score (nSPS) is 25.8. The highest BCUT2D eigenvalue weighted by molar-refractivity contribution is 5.91. The number of nitrogens with one attached hydrogen (secondary N) is 1. The van der Waals surface area contributed by atoms with Crippen molar-refractivity contribution in [2.45, 2.75) is 36.5 Å². The molecule has 0 bridgehead atoms. The number of imidazole rings is 1. The Morgan fingerprint density at radius 3 is 2.48 bits per heavy atom. The van der Waals surface area contributed by atoms with Crippen LogP contribution in [0.1, 0.15) is 6.23 Å². The Hall–Kier alpha value is -3.01. The van der Waals surface area contributed by atoms with E-state index in [1.807, 2.05) is 5.32 Å². The van der Waals surface area contributed by atoms with Gasteiger partial charge in [0.2, 0.25) is 6.04 Å². The molecule has 0 aliphatic carbocycles. The van der Waals surface area contributed by atoms with Gasteiger partial charge in [0.15, 0.2) is 23.2 Å². The van der Waals surface area contributed by atoms with E-state index in [1.165, 1.54) is 0 Å². The van der Waals surface area contributed by atoms with Gasteiger partial charge in [0.05, 0.1) is 12.9 Å². The number of aliphatic carboxylic acids is 2. The summed E-state index contributed by atoms with van der Waals surface area (Å²) in [4.78, 5) is 33.3. The molecule has 0 spiro atoms. The van der Waals surface area contributed by atoms with Crippen molar-refractivity contribution in [2.24, 2.45) is 0 Å². The fourth-order valence-electron chi connectivity index (χ4n) is 2.82. The van der Waals surface area contributed by atoms with Gasteiger partial charge in [-0.15, -0.1) is 0 Å². The molecular weight excluding hydrogens is 404 g/mol. The molecule has 13 nitrogen and oxygen atoms in total. The summed E-state index contributed by atoms with van der Waals surface area (Å²) >= 11 is 0. The van der Waals surface area contributed by atoms with Crippen LogP contribution < -0.4 is 5.32 Å². The van der Waals surface area contributed by atoms with Crippen molar-refractivity contribution in [2.75, 3.05) is 11.9 Å². The van der Waals surface area contributed by atoms with E-state index in [1.54, 1.807) is 0 Å². The summed E-state index contributed by atoms with van der Waals surface area (Å²) in [5.74, 6) is -9.98. The number of hydrogen-bond donors (Lipinski definition) is 6. The third-order valence-electron chi connectivity index (χ3n) is 4.33. The quantitative estimate of drug-likeness (QED) is 0.289. The standard InChI is InChI=1S/C14H15F2N5O8/c15-14(16,13(27)28)8(12(25)26)20-9-5-10(18-2-17-9)21(3-19-5)11-7(24)6(23)4(1-22)29-11/h2-4,6-8,11,22-24H,1H2,(H,25,26)(H,27,28)(H,17,18,20). The highest BCUT2D eigenvalue weighted by atomic mass is 19.3. The van der Waals surface area contributed by atoms with Gasteiger partial charge in [-0.1, -0.05) is 0 Å². The van der Waals surface area contributed by atoms with E-state index in [0.29, 0.717) is 0 Å². The Labute approximate surface area is 159 Å². The molecule has 5 unspecified atom stereocenters. The monoisotopic (exact) mass is 419 g/mol. The zero-order chi connectivity index (χ0) is 21.5. The Kier molecular flexibility index (Phi) is 5.31. The molecule has 158 valence electrons. The Morgan fingerprint density at radius 1 is 1.24 bits per heavy atom. The van der Waals surface area contributed by atoms with Crippen LogP contribution in [-0.4, -0.2) is 93.9 Å². The second kappa shape index (κ2) is 7.43. The molecule has 1 aliphatic heterocycles. The third-order valence-corrected chi connectivity index (χ3v) is 4.33. The topological polar surface area (TPSA) is 200 Å². The predicted octanol–water partition coefficient (Wildman–Crippen LogP) is -1.98. The first kappa shape index (κ1) is 20.7. The summed E-state index contributed by atoms with van der Waals surface area (Å²) in [7, 11) is 0. The Balaban J connectivity index is 1.98. The van der Waals surface area contributed by atoms with Crippen LogP contribution >= 0.6 is 0 Å². The maximum Gasteiger partial charge on any atom is 0.377 e. The number of alkyl halides is 2. The number of carboxylic acid groups (broad SMARTS) is 2. The van der Waals surface area contributed by atoms with Gasteiger partial charge in [0, 0.05) is 0 Å². The van der Waals surface area contributed by atoms with Crippen LogP contribution in [0.4, 0.5) is 14.6 Å². The largest absolute Gasteiger partial charge is 0.480 e. The van der Waals surface area contributed by atoms with Crippen LogP contribution in [-0.2, 0) is 14.3 Å². The summed E-state index contributed by atoms with van der Waals surface area (Å²) in [6, 6.07) is -2.86. The maximum absolute atomic E-state index is 13.8. The number of aliphatic hydroxyl groups excluding tert-OH is 3. The molecule has 6 N–H and O–H groups in total. The van der Waals surface area contributed by atoms with E-state index in [2.05, 4.69) is 15.0 Å². The zero-order valence-corrected chi connectivity index (χ0v) is 14.3. The minimum atomic E-state index is -4.67. The molecule has 2 aromatic heterocycles. The summed E-state index contributed by atoms with van der Waals surface area (Å²) in [5.41, 5.74) is -0.321. The van der Waals surface area contributed by atoms with E-state index in [4.69, 9.17) is 20.1 Å². The minimum absolute atomic E-state index is 0.0971. The average molecular weight is 419 g/mol. The van der Waals surface area contributed by atoms with E-state index in [9.17, 15) is 28.6 Å². The van der Waals surface area contributed by atoms with Gasteiger partial charge in [-0.3, -0.25) is 4.57 Å². The fraction of sp³-hybridized carbons (Fsp3) is 0.500. The second-order valence-electron chi connectivity index (χ2n) is 6.12. The van der Waals surface area contributed by atoms with E-state index in [-0.39, 0.29) is 11.2 Å². The molecule has 1 aliphatic rings. The molecule has 5 atom stereocenters. The lowest BCUT2D eigenvalue weighted by Crippen LogP contribution is -2.51. The summed E-state index contributed by atoms with van der Waals surface area (Å²) in [6.07, 6.45) is -3.33. The van der Waals surface area contributed by atoms with E-state index in [0.717, 1.165) is 17.2 Å². The van der Waals surface area contributed by atoms with Gasteiger partial charge in [0.25, 0.3) is 0 Å². The van der Waals surface area contributed by atoms with Crippen molar-refractivity contribution in [3.8, 4) is 0 Å². The number of rotatable bonds is 7. The van der Waals surface area contributed by atoms with Crippen molar-refractivity contribution >= 4 is 28.9 Å². The maximum atomic E-state index is 13.8. The SMILES string of the molecule is O=C(O)C(Nc1ncnc2c1ncn2C1OC(CO)C(O)C1O)C(F)(F)C(=O)O. The number of hydrogen-bond acceptors (Lipinski definition) is 10. The summed E-state index contributed by atoms with van der Waals surface area (Å²) in [6.45, 7) is -0.590.